The van der Waals surface area contributed by atoms with Crippen molar-refractivity contribution in [2.24, 2.45) is 7.05 Å². The molecule has 0 aliphatic heterocycles. The maximum Gasteiger partial charge on any atom is 0.319 e. The van der Waals surface area contributed by atoms with Crippen molar-refractivity contribution < 1.29 is 9.53 Å². The second kappa shape index (κ2) is 4.23. The highest BCUT2D eigenvalue weighted by atomic mass is 35.5. The van der Waals surface area contributed by atoms with Crippen molar-refractivity contribution in [3.63, 3.8) is 0 Å². The van der Waals surface area contributed by atoms with E-state index in [1.165, 1.54) is 0 Å². The summed E-state index contributed by atoms with van der Waals surface area (Å²) in [5.41, 5.74) is 1.26. The van der Waals surface area contributed by atoms with Gasteiger partial charge in [0, 0.05) is 12.1 Å². The SMILES string of the molecule is CCOC(=O)C1(c2nc3ccc(Cl)cc3n2C)CC1. The first-order chi connectivity index (χ1) is 9.08. The number of aromatic nitrogens is 2. The molecule has 2 aromatic rings. The van der Waals surface area contributed by atoms with Gasteiger partial charge in [0.15, 0.2) is 0 Å². The van der Waals surface area contributed by atoms with E-state index in [1.807, 2.05) is 36.7 Å². The molecule has 1 heterocycles. The molecular weight excluding hydrogens is 264 g/mol. The minimum Gasteiger partial charge on any atom is -0.465 e. The topological polar surface area (TPSA) is 44.1 Å². The highest BCUT2D eigenvalue weighted by Crippen LogP contribution is 2.49. The number of imidazole rings is 1. The minimum absolute atomic E-state index is 0.167. The number of hydrogen-bond donors (Lipinski definition) is 0. The normalized spacial score (nSPS) is 16.6. The molecule has 1 aliphatic rings. The van der Waals surface area contributed by atoms with E-state index < -0.39 is 5.41 Å². The smallest absolute Gasteiger partial charge is 0.319 e. The van der Waals surface area contributed by atoms with Gasteiger partial charge in [-0.2, -0.15) is 0 Å². The number of aryl methyl sites for hydroxylation is 1. The van der Waals surface area contributed by atoms with E-state index in [4.69, 9.17) is 16.3 Å². The van der Waals surface area contributed by atoms with Crippen molar-refractivity contribution in [2.75, 3.05) is 6.61 Å². The van der Waals surface area contributed by atoms with Gasteiger partial charge in [0.1, 0.15) is 11.2 Å². The molecule has 4 nitrogen and oxygen atoms in total. The van der Waals surface area contributed by atoms with Gasteiger partial charge < -0.3 is 9.30 Å². The Hall–Kier alpha value is -1.55. The van der Waals surface area contributed by atoms with Crippen LogP contribution in [0.4, 0.5) is 0 Å². The fourth-order valence-corrected chi connectivity index (χ4v) is 2.67. The number of benzene rings is 1. The summed E-state index contributed by atoms with van der Waals surface area (Å²) in [5.74, 6) is 0.614. The number of esters is 1. The average Bonchev–Trinajstić information content (AvgIpc) is 3.12. The van der Waals surface area contributed by atoms with E-state index in [1.54, 1.807) is 0 Å². The zero-order valence-electron chi connectivity index (χ0n) is 10.9. The number of hydrogen-bond acceptors (Lipinski definition) is 3. The van der Waals surface area contributed by atoms with Crippen LogP contribution in [-0.4, -0.2) is 22.1 Å². The standard InChI is InChI=1S/C14H15ClN2O2/c1-3-19-13(18)14(6-7-14)12-16-10-5-4-9(15)8-11(10)17(12)2/h4-5,8H,3,6-7H2,1-2H3. The molecule has 1 aromatic carbocycles. The number of carbonyl (C=O) groups excluding carboxylic acids is 1. The summed E-state index contributed by atoms with van der Waals surface area (Å²) < 4.78 is 7.13. The molecule has 0 N–H and O–H groups in total. The molecule has 0 radical (unpaired) electrons. The van der Waals surface area contributed by atoms with Gasteiger partial charge in [0.05, 0.1) is 17.6 Å². The van der Waals surface area contributed by atoms with Gasteiger partial charge in [0.2, 0.25) is 0 Å². The summed E-state index contributed by atoms with van der Waals surface area (Å²) in [6.45, 7) is 2.22. The molecule has 1 fully saturated rings. The molecule has 1 aliphatic carbocycles. The van der Waals surface area contributed by atoms with Crippen LogP contribution in [0, 0.1) is 0 Å². The summed E-state index contributed by atoms with van der Waals surface area (Å²) in [4.78, 5) is 16.7. The lowest BCUT2D eigenvalue weighted by Crippen LogP contribution is -2.26. The predicted octanol–water partition coefficient (Wildman–Crippen LogP) is 2.82. The minimum atomic E-state index is -0.545. The van der Waals surface area contributed by atoms with Crippen molar-refractivity contribution in [2.45, 2.75) is 25.2 Å². The van der Waals surface area contributed by atoms with Crippen LogP contribution in [0.3, 0.4) is 0 Å². The van der Waals surface area contributed by atoms with E-state index in [-0.39, 0.29) is 5.97 Å². The lowest BCUT2D eigenvalue weighted by atomic mass is 10.1. The van der Waals surface area contributed by atoms with Gasteiger partial charge in [-0.05, 0) is 38.0 Å². The molecule has 5 heteroatoms. The van der Waals surface area contributed by atoms with Gasteiger partial charge >= 0.3 is 5.97 Å². The molecule has 0 bridgehead atoms. The van der Waals surface area contributed by atoms with Crippen LogP contribution in [0.25, 0.3) is 11.0 Å². The van der Waals surface area contributed by atoms with Crippen LogP contribution in [-0.2, 0) is 22.0 Å². The highest BCUT2D eigenvalue weighted by molar-refractivity contribution is 6.31. The molecule has 100 valence electrons. The zero-order chi connectivity index (χ0) is 13.6. The zero-order valence-corrected chi connectivity index (χ0v) is 11.7. The Labute approximate surface area is 116 Å². The van der Waals surface area contributed by atoms with E-state index >= 15 is 0 Å². The Bertz CT molecular complexity index is 659. The van der Waals surface area contributed by atoms with Crippen LogP contribution < -0.4 is 0 Å². The first-order valence-electron chi connectivity index (χ1n) is 6.38. The number of nitrogens with zero attached hydrogens (tertiary/aromatic N) is 2. The molecule has 3 rings (SSSR count). The van der Waals surface area contributed by atoms with Gasteiger partial charge in [-0.3, -0.25) is 4.79 Å². The molecule has 0 atom stereocenters. The Morgan fingerprint density at radius 2 is 2.26 bits per heavy atom. The van der Waals surface area contributed by atoms with Crippen molar-refractivity contribution in [1.29, 1.82) is 0 Å². The van der Waals surface area contributed by atoms with Crippen molar-refractivity contribution >= 4 is 28.6 Å². The summed E-state index contributed by atoms with van der Waals surface area (Å²) >= 11 is 6.01. The lowest BCUT2D eigenvalue weighted by Gasteiger charge is -2.13. The second-order valence-electron chi connectivity index (χ2n) is 4.93. The van der Waals surface area contributed by atoms with Gasteiger partial charge in [0.25, 0.3) is 0 Å². The van der Waals surface area contributed by atoms with Crippen LogP contribution >= 0.6 is 11.6 Å². The number of ether oxygens (including phenoxy) is 1. The number of carbonyl (C=O) groups is 1. The number of rotatable bonds is 3. The quantitative estimate of drug-likeness (QED) is 0.811. The third kappa shape index (κ3) is 1.82. The maximum atomic E-state index is 12.1. The summed E-state index contributed by atoms with van der Waals surface area (Å²) in [6.07, 6.45) is 1.60. The summed E-state index contributed by atoms with van der Waals surface area (Å²) in [5, 5.41) is 0.669. The molecule has 0 saturated heterocycles. The van der Waals surface area contributed by atoms with Gasteiger partial charge in [-0.1, -0.05) is 11.6 Å². The monoisotopic (exact) mass is 278 g/mol. The van der Waals surface area contributed by atoms with Crippen molar-refractivity contribution in [3.05, 3.63) is 29.0 Å². The summed E-state index contributed by atoms with van der Waals surface area (Å²) in [7, 11) is 1.92. The second-order valence-corrected chi connectivity index (χ2v) is 5.37. The third-order valence-electron chi connectivity index (χ3n) is 3.69. The van der Waals surface area contributed by atoms with Gasteiger partial charge in [-0.15, -0.1) is 0 Å². The largest absolute Gasteiger partial charge is 0.465 e. The number of fused-ring (bicyclic) bond motifs is 1. The van der Waals surface area contributed by atoms with Crippen molar-refractivity contribution in [1.82, 2.24) is 9.55 Å². The van der Waals surface area contributed by atoms with Crippen LogP contribution in [0.15, 0.2) is 18.2 Å². The first-order valence-corrected chi connectivity index (χ1v) is 6.76. The maximum absolute atomic E-state index is 12.1. The van der Waals surface area contributed by atoms with Gasteiger partial charge in [-0.25, -0.2) is 4.98 Å². The van der Waals surface area contributed by atoms with E-state index in [9.17, 15) is 4.79 Å². The van der Waals surface area contributed by atoms with E-state index in [0.717, 1.165) is 29.7 Å². The molecule has 1 aromatic heterocycles. The molecule has 0 unspecified atom stereocenters. The van der Waals surface area contributed by atoms with Crippen LogP contribution in [0.1, 0.15) is 25.6 Å². The fourth-order valence-electron chi connectivity index (χ4n) is 2.50. The predicted molar refractivity (Wildman–Crippen MR) is 73.3 cm³/mol. The lowest BCUT2D eigenvalue weighted by molar-refractivity contribution is -0.146. The molecular formula is C14H15ClN2O2. The molecule has 0 spiro atoms. The average molecular weight is 279 g/mol. The molecule has 19 heavy (non-hydrogen) atoms. The van der Waals surface area contributed by atoms with E-state index in [0.29, 0.717) is 11.6 Å². The fraction of sp³-hybridized carbons (Fsp3) is 0.429. The number of halogens is 1. The van der Waals surface area contributed by atoms with Crippen molar-refractivity contribution in [3.8, 4) is 0 Å². The van der Waals surface area contributed by atoms with E-state index in [2.05, 4.69) is 4.98 Å². The Balaban J connectivity index is 2.11. The Morgan fingerprint density at radius 1 is 1.53 bits per heavy atom. The highest BCUT2D eigenvalue weighted by Gasteiger charge is 2.56. The molecule has 1 saturated carbocycles. The summed E-state index contributed by atoms with van der Waals surface area (Å²) in [6, 6.07) is 5.56. The Morgan fingerprint density at radius 3 is 2.89 bits per heavy atom. The Kier molecular flexibility index (Phi) is 2.78. The first kappa shape index (κ1) is 12.5. The van der Waals surface area contributed by atoms with Crippen LogP contribution in [0.2, 0.25) is 5.02 Å². The molecule has 0 amide bonds. The van der Waals surface area contributed by atoms with Crippen LogP contribution in [0.5, 0.6) is 0 Å². The third-order valence-corrected chi connectivity index (χ3v) is 3.92.